The maximum Gasteiger partial charge on any atom is 0.0777 e. The second kappa shape index (κ2) is 12.0. The van der Waals surface area contributed by atoms with Crippen LogP contribution in [-0.4, -0.2) is 22.1 Å². The van der Waals surface area contributed by atoms with Gasteiger partial charge in [-0.15, -0.1) is 0 Å². The van der Waals surface area contributed by atoms with Gasteiger partial charge in [-0.3, -0.25) is 0 Å². The van der Waals surface area contributed by atoms with E-state index >= 15 is 0 Å². The number of rotatable bonds is 8. The molecule has 0 aliphatic carbocycles. The highest BCUT2D eigenvalue weighted by molar-refractivity contribution is 5.13. The minimum Gasteiger partial charge on any atom is -0.371 e. The van der Waals surface area contributed by atoms with Gasteiger partial charge in [0.2, 0.25) is 0 Å². The van der Waals surface area contributed by atoms with Crippen LogP contribution >= 0.6 is 0 Å². The van der Waals surface area contributed by atoms with Crippen molar-refractivity contribution >= 4 is 0 Å². The first kappa shape index (κ1) is 20.4. The van der Waals surface area contributed by atoms with Crippen molar-refractivity contribution in [2.75, 3.05) is 6.54 Å². The number of halogens is 1. The van der Waals surface area contributed by atoms with Crippen LogP contribution in [0.15, 0.2) is 24.4 Å². The van der Waals surface area contributed by atoms with Gasteiger partial charge in [-0.05, 0) is 25.1 Å². The molecule has 124 valence electrons. The van der Waals surface area contributed by atoms with Crippen molar-refractivity contribution < 1.29 is 28.9 Å². The van der Waals surface area contributed by atoms with Crippen molar-refractivity contribution in [3.05, 3.63) is 24.4 Å². The molecule has 1 heterocycles. The lowest BCUT2D eigenvalue weighted by atomic mass is 10.0. The fraction of sp³-hybridized carbons (Fsp3) is 0.733. The normalized spacial score (nSPS) is 17.6. The molecule has 1 atom stereocenters. The molecule has 0 aromatic carbocycles. The largest absolute Gasteiger partial charge is 0.371 e. The summed E-state index contributed by atoms with van der Waals surface area (Å²) in [4.78, 5) is 2.51. The van der Waals surface area contributed by atoms with Crippen LogP contribution < -0.4 is 14.0 Å². The Kier molecular flexibility index (Phi) is 11.7. The molecular formula is C15H28ClNO4. The van der Waals surface area contributed by atoms with E-state index in [-0.39, 0.29) is 0 Å². The van der Waals surface area contributed by atoms with Crippen molar-refractivity contribution in [3.8, 4) is 0 Å². The Hall–Kier alpha value is -0.590. The van der Waals surface area contributed by atoms with E-state index in [0.717, 1.165) is 0 Å². The van der Waals surface area contributed by atoms with Crippen molar-refractivity contribution in [2.45, 2.75) is 64.8 Å². The SMILES string of the molecule is CCCCCCC1C=CC=CN1CCCC.[O-][Cl+3]([O-])([O-])O. The summed E-state index contributed by atoms with van der Waals surface area (Å²) < 4.78 is 32.7. The predicted molar refractivity (Wildman–Crippen MR) is 74.7 cm³/mol. The lowest BCUT2D eigenvalue weighted by Gasteiger charge is -2.30. The molecule has 21 heavy (non-hydrogen) atoms. The van der Waals surface area contributed by atoms with Crippen LogP contribution in [0.1, 0.15) is 58.8 Å². The first-order chi connectivity index (χ1) is 9.88. The third-order valence-corrected chi connectivity index (χ3v) is 3.27. The monoisotopic (exact) mass is 321 g/mol. The molecule has 1 rings (SSSR count). The van der Waals surface area contributed by atoms with Crippen molar-refractivity contribution in [1.29, 1.82) is 0 Å². The highest BCUT2D eigenvalue weighted by Gasteiger charge is 2.12. The van der Waals surface area contributed by atoms with E-state index in [4.69, 9.17) is 18.6 Å². The molecule has 0 spiro atoms. The lowest BCUT2D eigenvalue weighted by molar-refractivity contribution is -1.92. The zero-order valence-corrected chi connectivity index (χ0v) is 13.8. The Balaban J connectivity index is 0.000000690. The Morgan fingerprint density at radius 1 is 1.00 bits per heavy atom. The van der Waals surface area contributed by atoms with Crippen molar-refractivity contribution in [1.82, 2.24) is 4.90 Å². The van der Waals surface area contributed by atoms with Crippen LogP contribution in [0.2, 0.25) is 0 Å². The minimum atomic E-state index is -4.69. The van der Waals surface area contributed by atoms with Crippen molar-refractivity contribution in [3.63, 3.8) is 0 Å². The number of hydrogen-bond acceptors (Lipinski definition) is 5. The summed E-state index contributed by atoms with van der Waals surface area (Å²) in [5, 5.41) is 0. The topological polar surface area (TPSA) is 92.7 Å². The molecule has 1 unspecified atom stereocenters. The molecule has 0 bridgehead atoms. The molecule has 0 aromatic heterocycles. The van der Waals surface area contributed by atoms with Gasteiger partial charge in [0.15, 0.2) is 0 Å². The van der Waals surface area contributed by atoms with Crippen molar-refractivity contribution in [2.24, 2.45) is 0 Å². The van der Waals surface area contributed by atoms with Gasteiger partial charge in [0.05, 0.1) is 14.9 Å². The highest BCUT2D eigenvalue weighted by atomic mass is 35.7. The number of allylic oxidation sites excluding steroid dienone is 2. The summed E-state index contributed by atoms with van der Waals surface area (Å²) in [5.74, 6) is 0. The quantitative estimate of drug-likeness (QED) is 0.653. The average molecular weight is 322 g/mol. The minimum absolute atomic E-state index is 0.661. The summed E-state index contributed by atoms with van der Waals surface area (Å²) in [6.45, 7) is 5.76. The molecule has 1 aliphatic heterocycles. The van der Waals surface area contributed by atoms with Crippen LogP contribution in [0.25, 0.3) is 0 Å². The fourth-order valence-electron chi connectivity index (χ4n) is 2.20. The van der Waals surface area contributed by atoms with Gasteiger partial charge in [-0.1, -0.05) is 58.1 Å². The Bertz CT molecular complexity index is 297. The number of nitrogens with zero attached hydrogens (tertiary/aromatic N) is 1. The molecule has 1 aliphatic rings. The van der Waals surface area contributed by atoms with E-state index in [9.17, 15) is 0 Å². The van der Waals surface area contributed by atoms with Crippen LogP contribution in [0.4, 0.5) is 0 Å². The van der Waals surface area contributed by atoms with E-state index < -0.39 is 10.2 Å². The third-order valence-electron chi connectivity index (χ3n) is 3.27. The van der Waals surface area contributed by atoms with E-state index in [1.807, 2.05) is 0 Å². The van der Waals surface area contributed by atoms with Gasteiger partial charge in [-0.25, -0.2) is 0 Å². The second-order valence-electron chi connectivity index (χ2n) is 5.13. The third kappa shape index (κ3) is 14.1. The molecule has 1 N–H and O–H groups in total. The zero-order valence-electron chi connectivity index (χ0n) is 13.0. The predicted octanol–water partition coefficient (Wildman–Crippen LogP) is 0.387. The zero-order chi connectivity index (χ0) is 16.1. The maximum absolute atomic E-state index is 8.60. The molecular weight excluding hydrogens is 294 g/mol. The Labute approximate surface area is 130 Å². The second-order valence-corrected chi connectivity index (χ2v) is 5.92. The summed E-state index contributed by atoms with van der Waals surface area (Å²) in [6.07, 6.45) is 18.4. The number of unbranched alkanes of at least 4 members (excludes halogenated alkanes) is 4. The highest BCUT2D eigenvalue weighted by Crippen LogP contribution is 2.16. The summed E-state index contributed by atoms with van der Waals surface area (Å²) in [7, 11) is -4.69. The summed E-state index contributed by atoms with van der Waals surface area (Å²) in [5.41, 5.74) is 0. The molecule has 0 saturated heterocycles. The van der Waals surface area contributed by atoms with E-state index in [1.165, 1.54) is 51.5 Å². The molecule has 6 heteroatoms. The fourth-order valence-corrected chi connectivity index (χ4v) is 2.20. The van der Waals surface area contributed by atoms with E-state index in [2.05, 4.69) is 43.2 Å². The molecule has 0 radical (unpaired) electrons. The average Bonchev–Trinajstić information content (AvgIpc) is 2.40. The first-order valence-electron chi connectivity index (χ1n) is 7.62. The molecule has 5 nitrogen and oxygen atoms in total. The first-order valence-corrected chi connectivity index (χ1v) is 8.88. The molecule has 0 aromatic rings. The molecule has 0 fully saturated rings. The van der Waals surface area contributed by atoms with Crippen LogP contribution in [0, 0.1) is 10.2 Å². The standard InChI is InChI=1S/C15H27N.ClHO4/c1-3-5-7-8-11-15-12-9-10-14-16(15)13-6-4-2;2-1(3,4)5/h9-10,12,14-15H,3-8,11,13H2,1-2H3;(H,2,3,4,5). The van der Waals surface area contributed by atoms with Gasteiger partial charge in [0, 0.05) is 12.6 Å². The Morgan fingerprint density at radius 3 is 2.19 bits per heavy atom. The van der Waals surface area contributed by atoms with Gasteiger partial charge in [0.25, 0.3) is 0 Å². The van der Waals surface area contributed by atoms with E-state index in [0.29, 0.717) is 6.04 Å². The maximum atomic E-state index is 8.60. The molecule has 0 amide bonds. The van der Waals surface area contributed by atoms with Crippen LogP contribution in [0.5, 0.6) is 0 Å². The van der Waals surface area contributed by atoms with Gasteiger partial charge < -0.3 is 4.90 Å². The smallest absolute Gasteiger partial charge is 0.0777 e. The Morgan fingerprint density at radius 2 is 1.62 bits per heavy atom. The van der Waals surface area contributed by atoms with Gasteiger partial charge in [-0.2, -0.15) is 14.0 Å². The lowest BCUT2D eigenvalue weighted by Crippen LogP contribution is -2.58. The molecule has 0 saturated carbocycles. The number of hydrogen-bond donors (Lipinski definition) is 1. The van der Waals surface area contributed by atoms with Gasteiger partial charge in [0.1, 0.15) is 0 Å². The van der Waals surface area contributed by atoms with Crippen LogP contribution in [-0.2, 0) is 0 Å². The van der Waals surface area contributed by atoms with E-state index in [1.54, 1.807) is 0 Å². The summed E-state index contributed by atoms with van der Waals surface area (Å²) in [6, 6.07) is 0.661. The van der Waals surface area contributed by atoms with Crippen LogP contribution in [0.3, 0.4) is 0 Å². The van der Waals surface area contributed by atoms with Gasteiger partial charge >= 0.3 is 0 Å². The summed E-state index contributed by atoms with van der Waals surface area (Å²) >= 11 is 0.